The molecule has 2 aliphatic heterocycles. The Hall–Kier alpha value is -3.98. The first kappa shape index (κ1) is 24.4. The van der Waals surface area contributed by atoms with Crippen molar-refractivity contribution in [3.05, 3.63) is 125 Å². The lowest BCUT2D eigenvalue weighted by Gasteiger charge is -2.25. The summed E-state index contributed by atoms with van der Waals surface area (Å²) >= 11 is 13.5. The molecule has 7 nitrogen and oxygen atoms in total. The van der Waals surface area contributed by atoms with Gasteiger partial charge in [-0.15, -0.1) is 0 Å². The molecule has 6 rings (SSSR count). The molecule has 1 aromatic heterocycles. The van der Waals surface area contributed by atoms with Crippen LogP contribution in [0.4, 0.5) is 11.4 Å². The number of carbonyl (C=O) groups excluding carboxylic acids is 2. The minimum absolute atomic E-state index is 0.221. The second kappa shape index (κ2) is 9.40. The van der Waals surface area contributed by atoms with E-state index in [0.717, 1.165) is 11.3 Å². The fourth-order valence-corrected chi connectivity index (χ4v) is 6.15. The fraction of sp³-hybridized carbons (Fsp3) is 0.0714. The van der Waals surface area contributed by atoms with Crippen LogP contribution < -0.4 is 25.5 Å². The predicted octanol–water partition coefficient (Wildman–Crippen LogP) is 4.50. The number of nitrogens with one attached hydrogen (secondary N) is 2. The molecular weight excluding hydrogens is 543 g/mol. The maximum Gasteiger partial charge on any atom is 0.271 e. The molecule has 1 atom stereocenters. The van der Waals surface area contributed by atoms with Crippen molar-refractivity contribution in [2.75, 3.05) is 10.6 Å². The van der Waals surface area contributed by atoms with Gasteiger partial charge in [-0.25, -0.2) is 4.99 Å². The lowest BCUT2D eigenvalue weighted by molar-refractivity contribution is -0.113. The summed E-state index contributed by atoms with van der Waals surface area (Å²) in [6.07, 6.45) is 0. The number of amides is 2. The standard InChI is InChI=1S/C28H18Cl2N4O3S/c1-14-21(25(35)32-18-5-3-2-4-6-18)23(15-7-9-16(29)10-8-15)34-27(37)24(38-28(34)31-14)22-19-13-17(30)11-12-20(19)33-26(22)36/h2-13,23H,1H3,(H,32,35)(H,33,36)/b24-22-/t23-/m0/s1. The van der Waals surface area contributed by atoms with E-state index in [1.165, 1.54) is 4.57 Å². The zero-order chi connectivity index (χ0) is 26.6. The molecule has 2 N–H and O–H groups in total. The summed E-state index contributed by atoms with van der Waals surface area (Å²) in [5.74, 6) is -0.778. The molecule has 0 radical (unpaired) electrons. The van der Waals surface area contributed by atoms with Crippen LogP contribution in [0.25, 0.3) is 5.57 Å². The van der Waals surface area contributed by atoms with Crippen molar-refractivity contribution >= 4 is 63.3 Å². The SMILES string of the molecule is CC1=C(C(=O)Nc2ccccc2)[C@H](c2ccc(Cl)cc2)n2c(s/c(=C3\C(=O)Nc4ccc(Cl)cc43)c2=O)=N1. The molecule has 0 bridgehead atoms. The highest BCUT2D eigenvalue weighted by atomic mass is 35.5. The van der Waals surface area contributed by atoms with Crippen LogP contribution in [-0.2, 0) is 9.59 Å². The number of nitrogens with zero attached hydrogens (tertiary/aromatic N) is 2. The van der Waals surface area contributed by atoms with E-state index >= 15 is 0 Å². The Labute approximate surface area is 230 Å². The number of fused-ring (bicyclic) bond motifs is 2. The number of rotatable bonds is 3. The van der Waals surface area contributed by atoms with Crippen molar-refractivity contribution in [1.29, 1.82) is 0 Å². The van der Waals surface area contributed by atoms with Gasteiger partial charge in [-0.2, -0.15) is 0 Å². The van der Waals surface area contributed by atoms with E-state index in [0.29, 0.717) is 48.6 Å². The number of aromatic nitrogens is 1. The minimum atomic E-state index is -0.787. The number of thiazole rings is 1. The van der Waals surface area contributed by atoms with Crippen LogP contribution in [0.5, 0.6) is 0 Å². The van der Waals surface area contributed by atoms with Gasteiger partial charge in [0.05, 0.1) is 22.9 Å². The molecule has 0 saturated carbocycles. The van der Waals surface area contributed by atoms with Gasteiger partial charge >= 0.3 is 0 Å². The second-order valence-electron chi connectivity index (χ2n) is 8.79. The first-order valence-corrected chi connectivity index (χ1v) is 13.2. The van der Waals surface area contributed by atoms with Gasteiger partial charge in [-0.3, -0.25) is 19.0 Å². The average Bonchev–Trinajstić information content (AvgIpc) is 3.38. The van der Waals surface area contributed by atoms with E-state index < -0.39 is 17.5 Å². The molecule has 2 amide bonds. The highest BCUT2D eigenvalue weighted by Gasteiger charge is 2.34. The summed E-state index contributed by atoms with van der Waals surface area (Å²) in [4.78, 5) is 45.6. The quantitative estimate of drug-likeness (QED) is 0.386. The summed E-state index contributed by atoms with van der Waals surface area (Å²) in [7, 11) is 0. The van der Waals surface area contributed by atoms with Crippen LogP contribution in [0.2, 0.25) is 10.0 Å². The van der Waals surface area contributed by atoms with Gasteiger partial charge in [-0.1, -0.05) is 64.9 Å². The Morgan fingerprint density at radius 3 is 2.45 bits per heavy atom. The molecule has 3 heterocycles. The highest BCUT2D eigenvalue weighted by molar-refractivity contribution is 7.07. The number of anilines is 2. The Bertz CT molecular complexity index is 1860. The van der Waals surface area contributed by atoms with Gasteiger partial charge in [0.25, 0.3) is 17.4 Å². The summed E-state index contributed by atoms with van der Waals surface area (Å²) in [5, 5.41) is 6.68. The van der Waals surface area contributed by atoms with Crippen LogP contribution in [0.1, 0.15) is 24.1 Å². The van der Waals surface area contributed by atoms with E-state index in [9.17, 15) is 14.4 Å². The number of carbonyl (C=O) groups is 2. The molecule has 2 aliphatic rings. The minimum Gasteiger partial charge on any atom is -0.322 e. The normalized spacial score (nSPS) is 17.4. The average molecular weight is 561 g/mol. The Kier molecular flexibility index (Phi) is 6.03. The van der Waals surface area contributed by atoms with Gasteiger partial charge in [0.15, 0.2) is 4.80 Å². The summed E-state index contributed by atoms with van der Waals surface area (Å²) in [6.45, 7) is 1.74. The number of hydrogen-bond donors (Lipinski definition) is 2. The van der Waals surface area contributed by atoms with E-state index in [1.807, 2.05) is 18.2 Å². The third-order valence-corrected chi connectivity index (χ3v) is 7.95. The lowest BCUT2D eigenvalue weighted by Crippen LogP contribution is -2.41. The number of para-hydroxylation sites is 1. The first-order chi connectivity index (χ1) is 18.3. The number of hydrogen-bond acceptors (Lipinski definition) is 5. The maximum atomic E-state index is 14.0. The van der Waals surface area contributed by atoms with Crippen molar-refractivity contribution in [2.45, 2.75) is 13.0 Å². The van der Waals surface area contributed by atoms with Crippen LogP contribution in [-0.4, -0.2) is 16.4 Å². The van der Waals surface area contributed by atoms with Crippen molar-refractivity contribution < 1.29 is 9.59 Å². The molecule has 0 fully saturated rings. The smallest absolute Gasteiger partial charge is 0.271 e. The lowest BCUT2D eigenvalue weighted by atomic mass is 9.95. The van der Waals surface area contributed by atoms with E-state index in [-0.39, 0.29) is 16.0 Å². The Morgan fingerprint density at radius 1 is 1.00 bits per heavy atom. The van der Waals surface area contributed by atoms with Gasteiger partial charge in [0.1, 0.15) is 4.53 Å². The first-order valence-electron chi connectivity index (χ1n) is 11.6. The number of halogens is 2. The van der Waals surface area contributed by atoms with E-state index in [4.69, 9.17) is 23.2 Å². The Morgan fingerprint density at radius 2 is 1.71 bits per heavy atom. The molecule has 38 heavy (non-hydrogen) atoms. The highest BCUT2D eigenvalue weighted by Crippen LogP contribution is 2.34. The van der Waals surface area contributed by atoms with Crippen LogP contribution in [0.3, 0.4) is 0 Å². The van der Waals surface area contributed by atoms with Crippen LogP contribution >= 0.6 is 34.5 Å². The molecule has 0 aliphatic carbocycles. The largest absolute Gasteiger partial charge is 0.322 e. The van der Waals surface area contributed by atoms with Gasteiger partial charge < -0.3 is 10.6 Å². The maximum absolute atomic E-state index is 14.0. The molecule has 188 valence electrons. The molecule has 0 unspecified atom stereocenters. The Balaban J connectivity index is 1.59. The summed E-state index contributed by atoms with van der Waals surface area (Å²) < 4.78 is 1.69. The van der Waals surface area contributed by atoms with Crippen LogP contribution in [0.15, 0.2) is 93.9 Å². The van der Waals surface area contributed by atoms with E-state index in [1.54, 1.807) is 61.5 Å². The molecule has 3 aromatic carbocycles. The number of allylic oxidation sites excluding steroid dienone is 1. The van der Waals surface area contributed by atoms with Crippen molar-refractivity contribution in [1.82, 2.24) is 4.57 Å². The molecule has 10 heteroatoms. The van der Waals surface area contributed by atoms with Crippen molar-refractivity contribution in [2.24, 2.45) is 4.99 Å². The van der Waals surface area contributed by atoms with Gasteiger partial charge in [-0.05, 0) is 55.0 Å². The van der Waals surface area contributed by atoms with Crippen molar-refractivity contribution in [3.8, 4) is 0 Å². The summed E-state index contributed by atoms with van der Waals surface area (Å²) in [6, 6.07) is 20.3. The zero-order valence-electron chi connectivity index (χ0n) is 19.8. The second-order valence-corrected chi connectivity index (χ2v) is 10.6. The molecule has 0 spiro atoms. The zero-order valence-corrected chi connectivity index (χ0v) is 22.1. The third kappa shape index (κ3) is 4.07. The van der Waals surface area contributed by atoms with Gasteiger partial charge in [0, 0.05) is 27.0 Å². The topological polar surface area (TPSA) is 92.6 Å². The molecular formula is C28H18Cl2N4O3S. The predicted molar refractivity (Wildman–Crippen MR) is 149 cm³/mol. The van der Waals surface area contributed by atoms with Crippen molar-refractivity contribution in [3.63, 3.8) is 0 Å². The molecule has 0 saturated heterocycles. The number of benzene rings is 3. The fourth-order valence-electron chi connectivity index (χ4n) is 4.71. The third-order valence-electron chi connectivity index (χ3n) is 6.41. The molecule has 4 aromatic rings. The van der Waals surface area contributed by atoms with Crippen LogP contribution in [0, 0.1) is 0 Å². The monoisotopic (exact) mass is 560 g/mol. The van der Waals surface area contributed by atoms with E-state index in [2.05, 4.69) is 15.6 Å². The van der Waals surface area contributed by atoms with Gasteiger partial charge in [0.2, 0.25) is 0 Å². The summed E-state index contributed by atoms with van der Waals surface area (Å²) in [5.41, 5.74) is 3.01.